The Kier molecular flexibility index (Phi) is 3.37. The molecule has 18 heavy (non-hydrogen) atoms. The van der Waals surface area contributed by atoms with Gasteiger partial charge in [0.25, 0.3) is 0 Å². The highest BCUT2D eigenvalue weighted by Crippen LogP contribution is 2.22. The minimum Gasteiger partial charge on any atom is -0.494 e. The fraction of sp³-hybridized carbons (Fsp3) is 0.143. The third kappa shape index (κ3) is 2.22. The first-order valence-corrected chi connectivity index (χ1v) is 5.42. The molecule has 0 radical (unpaired) electrons. The number of carbonyl (C=O) groups excluding carboxylic acids is 1. The number of hydrogen-bond acceptors (Lipinski definition) is 3. The summed E-state index contributed by atoms with van der Waals surface area (Å²) in [7, 11) is 1.44. The summed E-state index contributed by atoms with van der Waals surface area (Å²) >= 11 is 0. The Morgan fingerprint density at radius 1 is 1.28 bits per heavy atom. The second kappa shape index (κ2) is 4.96. The van der Waals surface area contributed by atoms with Crippen molar-refractivity contribution in [3.8, 4) is 5.75 Å². The lowest BCUT2D eigenvalue weighted by molar-refractivity contribution is 0.103. The summed E-state index contributed by atoms with van der Waals surface area (Å²) in [4.78, 5) is 16.1. The molecule has 1 aromatic carbocycles. The normalized spacial score (nSPS) is 10.2. The Morgan fingerprint density at radius 2 is 2.06 bits per heavy atom. The number of aromatic nitrogens is 1. The zero-order chi connectivity index (χ0) is 13.1. The van der Waals surface area contributed by atoms with Crippen LogP contribution in [0.3, 0.4) is 0 Å². The monoisotopic (exact) mass is 245 g/mol. The maximum absolute atomic E-state index is 13.7. The molecule has 1 aromatic heterocycles. The van der Waals surface area contributed by atoms with Gasteiger partial charge in [0.1, 0.15) is 11.6 Å². The van der Waals surface area contributed by atoms with Crippen LogP contribution in [0, 0.1) is 12.7 Å². The Balaban J connectivity index is 2.51. The zero-order valence-electron chi connectivity index (χ0n) is 10.1. The van der Waals surface area contributed by atoms with E-state index in [1.165, 1.54) is 37.7 Å². The van der Waals surface area contributed by atoms with E-state index in [0.717, 1.165) is 5.56 Å². The average molecular weight is 245 g/mol. The van der Waals surface area contributed by atoms with Crippen LogP contribution in [0.4, 0.5) is 4.39 Å². The molecule has 0 bridgehead atoms. The van der Waals surface area contributed by atoms with Crippen LogP contribution in [-0.2, 0) is 0 Å². The Hall–Kier alpha value is -2.23. The standard InChI is InChI=1S/C14H12FNO2/c1-9-3-4-12(15)11(7-9)14(17)10-5-6-16-8-13(10)18-2/h3-8H,1-2H3. The van der Waals surface area contributed by atoms with Crippen LogP contribution in [-0.4, -0.2) is 17.9 Å². The second-order valence-electron chi connectivity index (χ2n) is 3.89. The smallest absolute Gasteiger partial charge is 0.199 e. The topological polar surface area (TPSA) is 39.2 Å². The van der Waals surface area contributed by atoms with Crippen LogP contribution in [0.1, 0.15) is 21.5 Å². The summed E-state index contributed by atoms with van der Waals surface area (Å²) in [6, 6.07) is 5.95. The van der Waals surface area contributed by atoms with E-state index in [0.29, 0.717) is 11.3 Å². The van der Waals surface area contributed by atoms with E-state index in [2.05, 4.69) is 4.98 Å². The van der Waals surface area contributed by atoms with Gasteiger partial charge in [-0.25, -0.2) is 4.39 Å². The third-order valence-corrected chi connectivity index (χ3v) is 2.62. The van der Waals surface area contributed by atoms with E-state index in [9.17, 15) is 9.18 Å². The van der Waals surface area contributed by atoms with Gasteiger partial charge >= 0.3 is 0 Å². The summed E-state index contributed by atoms with van der Waals surface area (Å²) in [5.41, 5.74) is 1.17. The van der Waals surface area contributed by atoms with Crippen molar-refractivity contribution in [2.24, 2.45) is 0 Å². The molecule has 0 amide bonds. The molecule has 0 aliphatic heterocycles. The van der Waals surface area contributed by atoms with Gasteiger partial charge in [-0.1, -0.05) is 11.6 Å². The number of nitrogens with zero attached hydrogens (tertiary/aromatic N) is 1. The highest BCUT2D eigenvalue weighted by Gasteiger charge is 2.17. The van der Waals surface area contributed by atoms with E-state index < -0.39 is 11.6 Å². The number of ketones is 1. The van der Waals surface area contributed by atoms with Gasteiger partial charge in [0.15, 0.2) is 5.78 Å². The van der Waals surface area contributed by atoms with Gasteiger partial charge in [-0.15, -0.1) is 0 Å². The minimum atomic E-state index is -0.538. The summed E-state index contributed by atoms with van der Waals surface area (Å²) in [5.74, 6) is -0.608. The molecule has 2 rings (SSSR count). The minimum absolute atomic E-state index is 0.0412. The van der Waals surface area contributed by atoms with Crippen LogP contribution in [0.25, 0.3) is 0 Å². The van der Waals surface area contributed by atoms with Gasteiger partial charge in [0.2, 0.25) is 0 Å². The van der Waals surface area contributed by atoms with E-state index in [1.54, 1.807) is 13.0 Å². The zero-order valence-corrected chi connectivity index (χ0v) is 10.1. The molecule has 92 valence electrons. The van der Waals surface area contributed by atoms with Crippen LogP contribution in [0.15, 0.2) is 36.7 Å². The van der Waals surface area contributed by atoms with Crippen molar-refractivity contribution < 1.29 is 13.9 Å². The number of pyridine rings is 1. The van der Waals surface area contributed by atoms with Crippen molar-refractivity contribution >= 4 is 5.78 Å². The lowest BCUT2D eigenvalue weighted by Gasteiger charge is -2.07. The summed E-state index contributed by atoms with van der Waals surface area (Å²) in [5, 5.41) is 0. The maximum Gasteiger partial charge on any atom is 0.199 e. The first kappa shape index (κ1) is 12.2. The molecule has 1 heterocycles. The number of hydrogen-bond donors (Lipinski definition) is 0. The lowest BCUT2D eigenvalue weighted by atomic mass is 10.0. The number of benzene rings is 1. The SMILES string of the molecule is COc1cnccc1C(=O)c1cc(C)ccc1F. The van der Waals surface area contributed by atoms with Crippen LogP contribution >= 0.6 is 0 Å². The molecule has 0 aliphatic carbocycles. The third-order valence-electron chi connectivity index (χ3n) is 2.62. The number of methoxy groups -OCH3 is 1. The Bertz CT molecular complexity index is 596. The van der Waals surface area contributed by atoms with E-state index in [4.69, 9.17) is 4.74 Å². The molecular formula is C14H12FNO2. The maximum atomic E-state index is 13.7. The summed E-state index contributed by atoms with van der Waals surface area (Å²) in [6.07, 6.45) is 2.91. The van der Waals surface area contributed by atoms with Gasteiger partial charge < -0.3 is 4.74 Å². The van der Waals surface area contributed by atoms with Crippen LogP contribution < -0.4 is 4.74 Å². The summed E-state index contributed by atoms with van der Waals surface area (Å²) < 4.78 is 18.7. The second-order valence-corrected chi connectivity index (χ2v) is 3.89. The Morgan fingerprint density at radius 3 is 2.78 bits per heavy atom. The molecular weight excluding hydrogens is 233 g/mol. The highest BCUT2D eigenvalue weighted by atomic mass is 19.1. The van der Waals surface area contributed by atoms with Crippen molar-refractivity contribution in [3.05, 3.63) is 59.2 Å². The van der Waals surface area contributed by atoms with Crippen LogP contribution in [0.2, 0.25) is 0 Å². The van der Waals surface area contributed by atoms with E-state index in [-0.39, 0.29) is 5.56 Å². The molecule has 0 N–H and O–H groups in total. The molecule has 4 heteroatoms. The number of aryl methyl sites for hydroxylation is 1. The van der Waals surface area contributed by atoms with Crippen molar-refractivity contribution in [1.82, 2.24) is 4.98 Å². The predicted molar refractivity (Wildman–Crippen MR) is 65.4 cm³/mol. The predicted octanol–water partition coefficient (Wildman–Crippen LogP) is 2.77. The van der Waals surface area contributed by atoms with Gasteiger partial charge in [-0.05, 0) is 25.1 Å². The highest BCUT2D eigenvalue weighted by molar-refractivity contribution is 6.10. The molecule has 3 nitrogen and oxygen atoms in total. The molecule has 0 fully saturated rings. The van der Waals surface area contributed by atoms with Gasteiger partial charge in [-0.2, -0.15) is 0 Å². The number of halogens is 1. The first-order valence-electron chi connectivity index (χ1n) is 5.42. The fourth-order valence-corrected chi connectivity index (χ4v) is 1.69. The molecule has 0 saturated carbocycles. The molecule has 0 saturated heterocycles. The summed E-state index contributed by atoms with van der Waals surface area (Å²) in [6.45, 7) is 1.81. The van der Waals surface area contributed by atoms with E-state index >= 15 is 0 Å². The average Bonchev–Trinajstić information content (AvgIpc) is 2.40. The van der Waals surface area contributed by atoms with Gasteiger partial charge in [0.05, 0.1) is 24.4 Å². The van der Waals surface area contributed by atoms with E-state index in [1.807, 2.05) is 0 Å². The van der Waals surface area contributed by atoms with Crippen LogP contribution in [0.5, 0.6) is 5.75 Å². The van der Waals surface area contributed by atoms with Gasteiger partial charge in [-0.3, -0.25) is 9.78 Å². The number of ether oxygens (including phenoxy) is 1. The molecule has 0 aliphatic rings. The van der Waals surface area contributed by atoms with Crippen molar-refractivity contribution in [2.75, 3.05) is 7.11 Å². The van der Waals surface area contributed by atoms with Crippen molar-refractivity contribution in [1.29, 1.82) is 0 Å². The molecule has 0 spiro atoms. The molecule has 0 unspecified atom stereocenters. The van der Waals surface area contributed by atoms with Crippen molar-refractivity contribution in [2.45, 2.75) is 6.92 Å². The quantitative estimate of drug-likeness (QED) is 0.780. The first-order chi connectivity index (χ1) is 8.63. The Labute approximate surface area is 104 Å². The molecule has 2 aromatic rings. The fourth-order valence-electron chi connectivity index (χ4n) is 1.69. The number of rotatable bonds is 3. The number of carbonyl (C=O) groups is 1. The van der Waals surface area contributed by atoms with Crippen molar-refractivity contribution in [3.63, 3.8) is 0 Å². The lowest BCUT2D eigenvalue weighted by Crippen LogP contribution is -2.07. The van der Waals surface area contributed by atoms with Gasteiger partial charge in [0, 0.05) is 6.20 Å². The largest absolute Gasteiger partial charge is 0.494 e. The molecule has 0 atom stereocenters.